The number of hydrogen-bond acceptors (Lipinski definition) is 3. The van der Waals surface area contributed by atoms with Crippen molar-refractivity contribution in [3.8, 4) is 0 Å². The average molecular weight is 329 g/mol. The predicted molar refractivity (Wildman–Crippen MR) is 89.8 cm³/mol. The minimum absolute atomic E-state index is 0.294. The van der Waals surface area contributed by atoms with E-state index in [1.54, 1.807) is 12.1 Å². The molecule has 0 radical (unpaired) electrons. The quantitative estimate of drug-likeness (QED) is 0.937. The molecule has 24 heavy (non-hydrogen) atoms. The van der Waals surface area contributed by atoms with Crippen LogP contribution in [0, 0.1) is 5.82 Å². The van der Waals surface area contributed by atoms with Crippen molar-refractivity contribution in [3.05, 3.63) is 53.6 Å². The highest BCUT2D eigenvalue weighted by Gasteiger charge is 2.48. The SMILES string of the molecule is CCn1cc(CN2[C@@H]3CC[C@@H]2CC(O)(c2ccccc2F)C3)cn1. The van der Waals surface area contributed by atoms with Gasteiger partial charge in [-0.05, 0) is 38.7 Å². The normalized spacial score (nSPS) is 30.0. The van der Waals surface area contributed by atoms with Crippen molar-refractivity contribution in [2.75, 3.05) is 0 Å². The number of halogens is 1. The molecule has 1 N–H and O–H groups in total. The molecule has 2 bridgehead atoms. The number of fused-ring (bicyclic) bond motifs is 2. The highest BCUT2D eigenvalue weighted by atomic mass is 19.1. The van der Waals surface area contributed by atoms with Crippen molar-refractivity contribution in [1.82, 2.24) is 14.7 Å². The fourth-order valence-corrected chi connectivity index (χ4v) is 4.50. The van der Waals surface area contributed by atoms with Gasteiger partial charge < -0.3 is 5.11 Å². The molecule has 4 nitrogen and oxygen atoms in total. The molecule has 2 aliphatic heterocycles. The smallest absolute Gasteiger partial charge is 0.129 e. The van der Waals surface area contributed by atoms with Gasteiger partial charge in [-0.15, -0.1) is 0 Å². The van der Waals surface area contributed by atoms with Crippen molar-refractivity contribution in [1.29, 1.82) is 0 Å². The lowest BCUT2D eigenvalue weighted by Crippen LogP contribution is -2.49. The van der Waals surface area contributed by atoms with Crippen LogP contribution in [0.25, 0.3) is 0 Å². The summed E-state index contributed by atoms with van der Waals surface area (Å²) in [6, 6.07) is 7.27. The Kier molecular flexibility index (Phi) is 3.93. The lowest BCUT2D eigenvalue weighted by atomic mass is 9.80. The second kappa shape index (κ2) is 5.97. The van der Waals surface area contributed by atoms with Crippen molar-refractivity contribution >= 4 is 0 Å². The van der Waals surface area contributed by atoms with Crippen molar-refractivity contribution < 1.29 is 9.50 Å². The van der Waals surface area contributed by atoms with Crippen LogP contribution in [0.2, 0.25) is 0 Å². The third kappa shape index (κ3) is 2.66. The molecule has 1 aromatic heterocycles. The van der Waals surface area contributed by atoms with Crippen LogP contribution in [-0.4, -0.2) is 31.9 Å². The van der Waals surface area contributed by atoms with Gasteiger partial charge in [-0.1, -0.05) is 18.2 Å². The maximum atomic E-state index is 14.2. The van der Waals surface area contributed by atoms with Gasteiger partial charge in [0.2, 0.25) is 0 Å². The molecule has 0 spiro atoms. The third-order valence-electron chi connectivity index (χ3n) is 5.67. The first-order valence-electron chi connectivity index (χ1n) is 8.83. The fourth-order valence-electron chi connectivity index (χ4n) is 4.50. The molecule has 4 rings (SSSR count). The summed E-state index contributed by atoms with van der Waals surface area (Å²) in [6.07, 6.45) is 7.38. The zero-order valence-electron chi connectivity index (χ0n) is 14.0. The number of aliphatic hydroxyl groups is 1. The van der Waals surface area contributed by atoms with Crippen LogP contribution in [0.4, 0.5) is 4.39 Å². The predicted octanol–water partition coefficient (Wildman–Crippen LogP) is 3.06. The van der Waals surface area contributed by atoms with Crippen LogP contribution in [0.3, 0.4) is 0 Å². The van der Waals surface area contributed by atoms with Gasteiger partial charge in [-0.25, -0.2) is 4.39 Å². The molecule has 128 valence electrons. The number of nitrogens with zero attached hydrogens (tertiary/aromatic N) is 3. The molecule has 2 saturated heterocycles. The number of hydrogen-bond donors (Lipinski definition) is 1. The number of benzene rings is 1. The van der Waals surface area contributed by atoms with E-state index in [0.29, 0.717) is 30.5 Å². The summed E-state index contributed by atoms with van der Waals surface area (Å²) in [5, 5.41) is 15.5. The topological polar surface area (TPSA) is 41.3 Å². The number of rotatable bonds is 4. The van der Waals surface area contributed by atoms with Crippen LogP contribution < -0.4 is 0 Å². The van der Waals surface area contributed by atoms with Gasteiger partial charge in [-0.2, -0.15) is 5.10 Å². The van der Waals surface area contributed by atoms with E-state index in [1.165, 1.54) is 11.6 Å². The van der Waals surface area contributed by atoms with E-state index in [1.807, 2.05) is 16.9 Å². The summed E-state index contributed by atoms with van der Waals surface area (Å²) in [7, 11) is 0. The molecule has 2 fully saturated rings. The van der Waals surface area contributed by atoms with Crippen LogP contribution in [0.5, 0.6) is 0 Å². The highest BCUT2D eigenvalue weighted by Crippen LogP contribution is 2.46. The number of aryl methyl sites for hydroxylation is 1. The maximum Gasteiger partial charge on any atom is 0.129 e. The van der Waals surface area contributed by atoms with Gasteiger partial charge in [0, 0.05) is 42.5 Å². The standard InChI is InChI=1S/C19H24FN3O/c1-2-22-12-14(11-21-22)13-23-15-7-8-16(23)10-19(24,9-15)17-5-3-4-6-18(17)20/h3-6,11-12,15-16,24H,2,7-10,13H2,1H3/t15-,16-/m1/s1. The molecule has 5 heteroatoms. The molecule has 2 atom stereocenters. The summed E-state index contributed by atoms with van der Waals surface area (Å²) in [4.78, 5) is 2.48. The van der Waals surface area contributed by atoms with Crippen molar-refractivity contribution in [3.63, 3.8) is 0 Å². The molecule has 0 amide bonds. The molecule has 0 saturated carbocycles. The molecular weight excluding hydrogens is 305 g/mol. The maximum absolute atomic E-state index is 14.2. The Labute approximate surface area is 141 Å². The zero-order valence-corrected chi connectivity index (χ0v) is 14.0. The summed E-state index contributed by atoms with van der Waals surface area (Å²) in [5.41, 5.74) is 0.631. The largest absolute Gasteiger partial charge is 0.385 e. The molecule has 1 aromatic carbocycles. The fraction of sp³-hybridized carbons (Fsp3) is 0.526. The van der Waals surface area contributed by atoms with Crippen LogP contribution in [-0.2, 0) is 18.7 Å². The lowest BCUT2D eigenvalue weighted by Gasteiger charge is -2.44. The third-order valence-corrected chi connectivity index (χ3v) is 5.67. The van der Waals surface area contributed by atoms with E-state index in [4.69, 9.17) is 0 Å². The highest BCUT2D eigenvalue weighted by molar-refractivity contribution is 5.27. The Morgan fingerprint density at radius 3 is 2.58 bits per heavy atom. The molecule has 0 unspecified atom stereocenters. The van der Waals surface area contributed by atoms with Crippen molar-refractivity contribution in [2.45, 2.75) is 63.4 Å². The number of piperidine rings is 1. The van der Waals surface area contributed by atoms with Gasteiger partial charge in [0.1, 0.15) is 5.82 Å². The Bertz CT molecular complexity index is 715. The van der Waals surface area contributed by atoms with Crippen LogP contribution in [0.1, 0.15) is 43.7 Å². The molecule has 2 aromatic rings. The minimum Gasteiger partial charge on any atom is -0.385 e. The van der Waals surface area contributed by atoms with E-state index in [9.17, 15) is 9.50 Å². The second-order valence-corrected chi connectivity index (χ2v) is 7.18. The average Bonchev–Trinajstić information content (AvgIpc) is 3.12. The van der Waals surface area contributed by atoms with E-state index in [2.05, 4.69) is 23.1 Å². The summed E-state index contributed by atoms with van der Waals surface area (Å²) < 4.78 is 16.1. The van der Waals surface area contributed by atoms with Gasteiger partial charge in [0.05, 0.1) is 11.8 Å². The first-order chi connectivity index (χ1) is 11.6. The Morgan fingerprint density at radius 1 is 1.25 bits per heavy atom. The zero-order chi connectivity index (χ0) is 16.7. The van der Waals surface area contributed by atoms with Crippen molar-refractivity contribution in [2.24, 2.45) is 0 Å². The number of aromatic nitrogens is 2. The summed E-state index contributed by atoms with van der Waals surface area (Å²) >= 11 is 0. The monoisotopic (exact) mass is 329 g/mol. The molecule has 3 heterocycles. The summed E-state index contributed by atoms with van der Waals surface area (Å²) in [5.74, 6) is -0.294. The van der Waals surface area contributed by atoms with E-state index in [0.717, 1.165) is 25.9 Å². The van der Waals surface area contributed by atoms with E-state index < -0.39 is 5.60 Å². The first kappa shape index (κ1) is 15.8. The Balaban J connectivity index is 1.54. The molecule has 2 aliphatic rings. The summed E-state index contributed by atoms with van der Waals surface area (Å²) in [6.45, 7) is 3.82. The van der Waals surface area contributed by atoms with E-state index >= 15 is 0 Å². The molecular formula is C19H24FN3O. The van der Waals surface area contributed by atoms with E-state index in [-0.39, 0.29) is 5.82 Å². The van der Waals surface area contributed by atoms with Crippen LogP contribution in [0.15, 0.2) is 36.7 Å². The van der Waals surface area contributed by atoms with Gasteiger partial charge in [-0.3, -0.25) is 9.58 Å². The van der Waals surface area contributed by atoms with Crippen LogP contribution >= 0.6 is 0 Å². The Morgan fingerprint density at radius 2 is 1.96 bits per heavy atom. The van der Waals surface area contributed by atoms with Gasteiger partial charge in [0.15, 0.2) is 0 Å². The van der Waals surface area contributed by atoms with Gasteiger partial charge in [0.25, 0.3) is 0 Å². The Hall–Kier alpha value is -1.72. The molecule has 0 aliphatic carbocycles. The minimum atomic E-state index is -1.04. The lowest BCUT2D eigenvalue weighted by molar-refractivity contribution is -0.0615. The first-order valence-corrected chi connectivity index (χ1v) is 8.83. The van der Waals surface area contributed by atoms with Gasteiger partial charge >= 0.3 is 0 Å². The second-order valence-electron chi connectivity index (χ2n) is 7.18.